The molecule has 1 aromatic carbocycles. The van der Waals surface area contributed by atoms with Crippen molar-refractivity contribution in [2.24, 2.45) is 5.73 Å². The molecule has 1 heterocycles. The lowest BCUT2D eigenvalue weighted by Crippen LogP contribution is -2.44. The van der Waals surface area contributed by atoms with Gasteiger partial charge in [0.15, 0.2) is 0 Å². The molecule has 0 saturated carbocycles. The first-order chi connectivity index (χ1) is 8.24. The highest BCUT2D eigenvalue weighted by atomic mass is 35.5. The summed E-state index contributed by atoms with van der Waals surface area (Å²) in [6, 6.07) is 7.79. The van der Waals surface area contributed by atoms with E-state index in [1.54, 1.807) is 0 Å². The van der Waals surface area contributed by atoms with E-state index in [-0.39, 0.29) is 24.4 Å². The lowest BCUT2D eigenvalue weighted by molar-refractivity contribution is -0.119. The summed E-state index contributed by atoms with van der Waals surface area (Å²) in [4.78, 5) is 14.1. The molecule has 0 bridgehead atoms. The number of nitrogens with two attached hydrogens (primary N) is 1. The number of aryl methyl sites for hydroxylation is 1. The van der Waals surface area contributed by atoms with Crippen molar-refractivity contribution in [2.75, 3.05) is 11.4 Å². The number of nitrogens with zero attached hydrogens (tertiary/aromatic N) is 1. The summed E-state index contributed by atoms with van der Waals surface area (Å²) in [7, 11) is 0. The summed E-state index contributed by atoms with van der Waals surface area (Å²) in [5, 5.41) is 0. The Balaban J connectivity index is 0.00000162. The first-order valence-corrected chi connectivity index (χ1v) is 6.39. The summed E-state index contributed by atoms with van der Waals surface area (Å²) in [6.45, 7) is 2.75. The van der Waals surface area contributed by atoms with Crippen LogP contribution in [0.4, 0.5) is 5.69 Å². The molecule has 18 heavy (non-hydrogen) atoms. The third-order valence-corrected chi connectivity index (χ3v) is 3.38. The Kier molecular flexibility index (Phi) is 5.63. The molecule has 0 saturated heterocycles. The van der Waals surface area contributed by atoms with Gasteiger partial charge < -0.3 is 10.6 Å². The minimum atomic E-state index is -0.374. The number of hydrogen-bond acceptors (Lipinski definition) is 2. The van der Waals surface area contributed by atoms with E-state index < -0.39 is 0 Å². The molecule has 0 radical (unpaired) electrons. The maximum absolute atomic E-state index is 12.2. The molecule has 1 aliphatic rings. The van der Waals surface area contributed by atoms with Gasteiger partial charge in [0, 0.05) is 12.2 Å². The van der Waals surface area contributed by atoms with Crippen molar-refractivity contribution in [3.63, 3.8) is 0 Å². The number of carbonyl (C=O) groups excluding carboxylic acids is 1. The SMILES string of the molecule is CC[C@H](N)C(=O)N1CCCCc2ccccc21.Cl. The van der Waals surface area contributed by atoms with Crippen molar-refractivity contribution in [3.05, 3.63) is 29.8 Å². The van der Waals surface area contributed by atoms with Crippen LogP contribution in [0.2, 0.25) is 0 Å². The van der Waals surface area contributed by atoms with Crippen molar-refractivity contribution < 1.29 is 4.79 Å². The Labute approximate surface area is 115 Å². The molecule has 0 unspecified atom stereocenters. The molecule has 0 aromatic heterocycles. The summed E-state index contributed by atoms with van der Waals surface area (Å²) in [5.41, 5.74) is 8.18. The van der Waals surface area contributed by atoms with Crippen LogP contribution >= 0.6 is 12.4 Å². The van der Waals surface area contributed by atoms with E-state index >= 15 is 0 Å². The molecular weight excluding hydrogens is 248 g/mol. The van der Waals surface area contributed by atoms with E-state index in [0.717, 1.165) is 31.5 Å². The Morgan fingerprint density at radius 2 is 2.11 bits per heavy atom. The summed E-state index contributed by atoms with van der Waals surface area (Å²) >= 11 is 0. The molecule has 4 heteroatoms. The maximum Gasteiger partial charge on any atom is 0.243 e. The zero-order valence-corrected chi connectivity index (χ0v) is 11.6. The van der Waals surface area contributed by atoms with Gasteiger partial charge in [0.1, 0.15) is 0 Å². The Morgan fingerprint density at radius 3 is 2.83 bits per heavy atom. The first-order valence-electron chi connectivity index (χ1n) is 6.39. The van der Waals surface area contributed by atoms with Crippen LogP contribution < -0.4 is 10.6 Å². The topological polar surface area (TPSA) is 46.3 Å². The number of benzene rings is 1. The second-order valence-electron chi connectivity index (χ2n) is 4.59. The number of carbonyl (C=O) groups is 1. The van der Waals surface area contributed by atoms with Crippen LogP contribution in [0.25, 0.3) is 0 Å². The smallest absolute Gasteiger partial charge is 0.243 e. The number of amides is 1. The average molecular weight is 269 g/mol. The molecule has 3 nitrogen and oxygen atoms in total. The van der Waals surface area contributed by atoms with Gasteiger partial charge in [-0.1, -0.05) is 25.1 Å². The fourth-order valence-corrected chi connectivity index (χ4v) is 2.30. The molecule has 1 aromatic rings. The zero-order chi connectivity index (χ0) is 12.3. The van der Waals surface area contributed by atoms with Crippen LogP contribution in [0, 0.1) is 0 Å². The van der Waals surface area contributed by atoms with Crippen molar-refractivity contribution in [2.45, 2.75) is 38.6 Å². The molecule has 100 valence electrons. The Hall–Kier alpha value is -1.06. The third-order valence-electron chi connectivity index (χ3n) is 3.38. The van der Waals surface area contributed by atoms with E-state index in [1.165, 1.54) is 5.56 Å². The zero-order valence-electron chi connectivity index (χ0n) is 10.8. The van der Waals surface area contributed by atoms with Crippen LogP contribution in [0.3, 0.4) is 0 Å². The van der Waals surface area contributed by atoms with Crippen molar-refractivity contribution in [1.82, 2.24) is 0 Å². The summed E-state index contributed by atoms with van der Waals surface area (Å²) in [5.74, 6) is 0.0573. The lowest BCUT2D eigenvalue weighted by atomic mass is 10.1. The van der Waals surface area contributed by atoms with E-state index in [4.69, 9.17) is 5.73 Å². The predicted octanol–water partition coefficient (Wildman–Crippen LogP) is 2.52. The van der Waals surface area contributed by atoms with Gasteiger partial charge in [-0.15, -0.1) is 12.4 Å². The number of fused-ring (bicyclic) bond motifs is 1. The minimum Gasteiger partial charge on any atom is -0.320 e. The van der Waals surface area contributed by atoms with Gasteiger partial charge in [-0.25, -0.2) is 0 Å². The van der Waals surface area contributed by atoms with E-state index in [1.807, 2.05) is 30.0 Å². The van der Waals surface area contributed by atoms with Crippen molar-refractivity contribution in [3.8, 4) is 0 Å². The van der Waals surface area contributed by atoms with Gasteiger partial charge in [-0.05, 0) is 37.3 Å². The number of anilines is 1. The molecule has 1 aliphatic heterocycles. The van der Waals surface area contributed by atoms with Crippen LogP contribution in [0.1, 0.15) is 31.7 Å². The fourth-order valence-electron chi connectivity index (χ4n) is 2.30. The molecule has 1 amide bonds. The van der Waals surface area contributed by atoms with Crippen LogP contribution in [0.5, 0.6) is 0 Å². The van der Waals surface area contributed by atoms with Crippen LogP contribution in [-0.4, -0.2) is 18.5 Å². The van der Waals surface area contributed by atoms with Crippen molar-refractivity contribution >= 4 is 24.0 Å². The van der Waals surface area contributed by atoms with Gasteiger partial charge in [0.25, 0.3) is 0 Å². The largest absolute Gasteiger partial charge is 0.320 e. The predicted molar refractivity (Wildman–Crippen MR) is 77.2 cm³/mol. The second-order valence-corrected chi connectivity index (χ2v) is 4.59. The molecule has 1 atom stereocenters. The molecule has 2 N–H and O–H groups in total. The van der Waals surface area contributed by atoms with Crippen molar-refractivity contribution in [1.29, 1.82) is 0 Å². The molecule has 0 fully saturated rings. The minimum absolute atomic E-state index is 0. The normalized spacial score (nSPS) is 16.2. The van der Waals surface area contributed by atoms with E-state index in [9.17, 15) is 4.79 Å². The van der Waals surface area contributed by atoms with Crippen LogP contribution in [0.15, 0.2) is 24.3 Å². The van der Waals surface area contributed by atoms with Gasteiger partial charge >= 0.3 is 0 Å². The van der Waals surface area contributed by atoms with Gasteiger partial charge in [0.2, 0.25) is 5.91 Å². The maximum atomic E-state index is 12.2. The standard InChI is InChI=1S/C14H20N2O.ClH/c1-2-12(15)14(17)16-10-6-5-8-11-7-3-4-9-13(11)16;/h3-4,7,9,12H,2,5-6,8,10,15H2,1H3;1H/t12-;/m0./s1. The average Bonchev–Trinajstić information content (AvgIpc) is 2.59. The first kappa shape index (κ1) is 15.0. The highest BCUT2D eigenvalue weighted by Crippen LogP contribution is 2.26. The van der Waals surface area contributed by atoms with Gasteiger partial charge in [0.05, 0.1) is 6.04 Å². The molecule has 0 aliphatic carbocycles. The number of para-hydroxylation sites is 1. The monoisotopic (exact) mass is 268 g/mol. The molecule has 2 rings (SSSR count). The highest BCUT2D eigenvalue weighted by molar-refractivity contribution is 5.97. The lowest BCUT2D eigenvalue weighted by Gasteiger charge is -2.25. The highest BCUT2D eigenvalue weighted by Gasteiger charge is 2.24. The van der Waals surface area contributed by atoms with E-state index in [2.05, 4.69) is 6.07 Å². The van der Waals surface area contributed by atoms with E-state index in [0.29, 0.717) is 6.42 Å². The number of halogens is 1. The van der Waals surface area contributed by atoms with Gasteiger partial charge in [-0.2, -0.15) is 0 Å². The second kappa shape index (κ2) is 6.76. The fraction of sp³-hybridized carbons (Fsp3) is 0.500. The number of hydrogen-bond donors (Lipinski definition) is 1. The van der Waals surface area contributed by atoms with Gasteiger partial charge in [-0.3, -0.25) is 4.79 Å². The molecule has 0 spiro atoms. The quantitative estimate of drug-likeness (QED) is 0.896. The Bertz CT molecular complexity index is 409. The third kappa shape index (κ3) is 3.03. The summed E-state index contributed by atoms with van der Waals surface area (Å²) in [6.07, 6.45) is 3.94. The number of rotatable bonds is 2. The van der Waals surface area contributed by atoms with Crippen LogP contribution in [-0.2, 0) is 11.2 Å². The molecular formula is C14H21ClN2O. The Morgan fingerprint density at radius 1 is 1.39 bits per heavy atom. The summed E-state index contributed by atoms with van der Waals surface area (Å²) < 4.78 is 0.